The van der Waals surface area contributed by atoms with Crippen molar-refractivity contribution < 1.29 is 13.2 Å². The molecule has 21 heavy (non-hydrogen) atoms. The van der Waals surface area contributed by atoms with E-state index in [1.165, 1.54) is 10.6 Å². The normalized spacial score (nSPS) is 28.1. The Morgan fingerprint density at radius 3 is 2.33 bits per heavy atom. The monoisotopic (exact) mass is 339 g/mol. The van der Waals surface area contributed by atoms with E-state index in [0.717, 1.165) is 19.3 Å². The summed E-state index contributed by atoms with van der Waals surface area (Å²) in [6, 6.07) is 0.256. The minimum absolute atomic E-state index is 0. The predicted molar refractivity (Wildman–Crippen MR) is 84.8 cm³/mol. The van der Waals surface area contributed by atoms with Crippen molar-refractivity contribution in [2.24, 2.45) is 11.7 Å². The van der Waals surface area contributed by atoms with E-state index in [-0.39, 0.29) is 30.4 Å². The summed E-state index contributed by atoms with van der Waals surface area (Å²) in [6.45, 7) is 0.986. The minimum atomic E-state index is -3.10. The lowest BCUT2D eigenvalue weighted by atomic mass is 9.99. The van der Waals surface area contributed by atoms with Crippen LogP contribution >= 0.6 is 12.4 Å². The molecule has 2 rings (SSSR count). The third kappa shape index (κ3) is 5.39. The van der Waals surface area contributed by atoms with Crippen LogP contribution in [0.1, 0.15) is 38.5 Å². The number of carbonyl (C=O) groups excluding carboxylic acids is 1. The second kappa shape index (κ2) is 7.76. The summed E-state index contributed by atoms with van der Waals surface area (Å²) in [5, 5.41) is 3.02. The average molecular weight is 340 g/mol. The average Bonchev–Trinajstić information content (AvgIpc) is 2.74. The predicted octanol–water partition coefficient (Wildman–Crippen LogP) is 0.466. The number of sulfonamides is 1. The summed E-state index contributed by atoms with van der Waals surface area (Å²) in [5.41, 5.74) is 5.97. The topological polar surface area (TPSA) is 92.5 Å². The van der Waals surface area contributed by atoms with Crippen LogP contribution < -0.4 is 11.1 Å². The zero-order valence-electron chi connectivity index (χ0n) is 12.5. The number of nitrogens with zero attached hydrogens (tertiary/aromatic N) is 1. The maximum absolute atomic E-state index is 12.0. The second-order valence-corrected chi connectivity index (χ2v) is 8.05. The van der Waals surface area contributed by atoms with Crippen molar-refractivity contribution in [3.63, 3.8) is 0 Å². The Hall–Kier alpha value is -0.370. The van der Waals surface area contributed by atoms with Gasteiger partial charge in [-0.2, -0.15) is 0 Å². The van der Waals surface area contributed by atoms with Crippen LogP contribution in [0.2, 0.25) is 0 Å². The molecule has 1 saturated carbocycles. The summed E-state index contributed by atoms with van der Waals surface area (Å²) in [6.07, 6.45) is 6.30. The highest BCUT2D eigenvalue weighted by molar-refractivity contribution is 7.88. The molecule has 2 atom stereocenters. The molecule has 124 valence electrons. The number of nitrogens with two attached hydrogens (primary N) is 1. The molecule has 0 radical (unpaired) electrons. The lowest BCUT2D eigenvalue weighted by Gasteiger charge is -2.31. The van der Waals surface area contributed by atoms with E-state index >= 15 is 0 Å². The highest BCUT2D eigenvalue weighted by Crippen LogP contribution is 2.26. The van der Waals surface area contributed by atoms with Gasteiger partial charge in [0.05, 0.1) is 6.26 Å². The molecule has 1 heterocycles. The van der Waals surface area contributed by atoms with Gasteiger partial charge < -0.3 is 11.1 Å². The van der Waals surface area contributed by atoms with E-state index in [9.17, 15) is 13.2 Å². The zero-order valence-corrected chi connectivity index (χ0v) is 14.1. The van der Waals surface area contributed by atoms with Gasteiger partial charge in [0.15, 0.2) is 0 Å². The van der Waals surface area contributed by atoms with Gasteiger partial charge in [-0.1, -0.05) is 6.42 Å². The van der Waals surface area contributed by atoms with Crippen LogP contribution in [0.15, 0.2) is 0 Å². The molecule has 2 aliphatic rings. The smallest absolute Gasteiger partial charge is 0.220 e. The third-order valence-corrected chi connectivity index (χ3v) is 5.76. The maximum Gasteiger partial charge on any atom is 0.220 e. The quantitative estimate of drug-likeness (QED) is 0.778. The van der Waals surface area contributed by atoms with Crippen LogP contribution in [-0.4, -0.2) is 50.1 Å². The first-order chi connectivity index (χ1) is 9.36. The van der Waals surface area contributed by atoms with E-state index in [2.05, 4.69) is 5.32 Å². The van der Waals surface area contributed by atoms with Crippen molar-refractivity contribution >= 4 is 28.3 Å². The van der Waals surface area contributed by atoms with Crippen LogP contribution in [0.4, 0.5) is 0 Å². The molecule has 0 bridgehead atoms. The largest absolute Gasteiger partial charge is 0.353 e. The molecule has 1 saturated heterocycles. The second-order valence-electron chi connectivity index (χ2n) is 6.06. The van der Waals surface area contributed by atoms with E-state index in [4.69, 9.17) is 5.73 Å². The number of hydrogen-bond acceptors (Lipinski definition) is 4. The number of halogens is 1. The lowest BCUT2D eigenvalue weighted by molar-refractivity contribution is -0.123. The standard InChI is InChI=1S/C13H25N3O3S.ClH/c1-20(18,19)16-7-5-11(6-8-16)15-13(17)9-10-3-2-4-12(10)14;/h10-12H,2-9,14H2,1H3,(H,15,17);1H/t10-,12+;/m0./s1. The van der Waals surface area contributed by atoms with Gasteiger partial charge in [0.2, 0.25) is 15.9 Å². The van der Waals surface area contributed by atoms with Crippen LogP contribution in [0, 0.1) is 5.92 Å². The van der Waals surface area contributed by atoms with Gasteiger partial charge in [0.1, 0.15) is 0 Å². The van der Waals surface area contributed by atoms with E-state index < -0.39 is 10.0 Å². The molecule has 0 spiro atoms. The molecule has 1 amide bonds. The van der Waals surface area contributed by atoms with Crippen molar-refractivity contribution in [1.82, 2.24) is 9.62 Å². The van der Waals surface area contributed by atoms with Gasteiger partial charge >= 0.3 is 0 Å². The van der Waals surface area contributed by atoms with Crippen LogP contribution in [0.3, 0.4) is 0 Å². The Labute approximate surface area is 133 Å². The number of nitrogens with one attached hydrogen (secondary N) is 1. The fourth-order valence-corrected chi connectivity index (χ4v) is 4.05. The van der Waals surface area contributed by atoms with Gasteiger partial charge in [-0.05, 0) is 31.6 Å². The Morgan fingerprint density at radius 2 is 1.86 bits per heavy atom. The zero-order chi connectivity index (χ0) is 14.8. The summed E-state index contributed by atoms with van der Waals surface area (Å²) >= 11 is 0. The number of carbonyl (C=O) groups is 1. The fourth-order valence-electron chi connectivity index (χ4n) is 3.18. The molecule has 0 unspecified atom stereocenters. The maximum atomic E-state index is 12.0. The van der Waals surface area contributed by atoms with Crippen molar-refractivity contribution in [3.8, 4) is 0 Å². The van der Waals surface area contributed by atoms with Crippen molar-refractivity contribution in [2.75, 3.05) is 19.3 Å². The van der Waals surface area contributed by atoms with Gasteiger partial charge in [-0.25, -0.2) is 12.7 Å². The number of rotatable bonds is 4. The van der Waals surface area contributed by atoms with E-state index in [1.807, 2.05) is 0 Å². The van der Waals surface area contributed by atoms with E-state index in [1.54, 1.807) is 0 Å². The number of amides is 1. The minimum Gasteiger partial charge on any atom is -0.353 e. The molecular weight excluding hydrogens is 314 g/mol. The highest BCUT2D eigenvalue weighted by atomic mass is 35.5. The van der Waals surface area contributed by atoms with Crippen molar-refractivity contribution in [3.05, 3.63) is 0 Å². The highest BCUT2D eigenvalue weighted by Gasteiger charge is 2.29. The molecule has 0 aromatic rings. The molecule has 3 N–H and O–H groups in total. The lowest BCUT2D eigenvalue weighted by Crippen LogP contribution is -2.46. The number of hydrogen-bond donors (Lipinski definition) is 2. The van der Waals surface area contributed by atoms with Gasteiger partial charge in [0, 0.05) is 31.6 Å². The van der Waals surface area contributed by atoms with Gasteiger partial charge in [0.25, 0.3) is 0 Å². The summed E-state index contributed by atoms with van der Waals surface area (Å²) in [4.78, 5) is 12.0. The van der Waals surface area contributed by atoms with E-state index in [0.29, 0.717) is 38.3 Å². The Kier molecular flexibility index (Phi) is 6.90. The SMILES string of the molecule is CS(=O)(=O)N1CCC(NC(=O)C[C@@H]2CCC[C@H]2N)CC1.Cl. The first-order valence-corrected chi connectivity index (χ1v) is 9.21. The van der Waals surface area contributed by atoms with Crippen LogP contribution in [0.5, 0.6) is 0 Å². The van der Waals surface area contributed by atoms with Crippen molar-refractivity contribution in [2.45, 2.75) is 50.6 Å². The van der Waals surface area contributed by atoms with Crippen LogP contribution in [0.25, 0.3) is 0 Å². The van der Waals surface area contributed by atoms with Gasteiger partial charge in [-0.3, -0.25) is 4.79 Å². The summed E-state index contributed by atoms with van der Waals surface area (Å²) in [7, 11) is -3.10. The number of piperidine rings is 1. The molecule has 1 aliphatic heterocycles. The third-order valence-electron chi connectivity index (χ3n) is 4.45. The van der Waals surface area contributed by atoms with Crippen LogP contribution in [-0.2, 0) is 14.8 Å². The Balaban J connectivity index is 0.00000220. The van der Waals surface area contributed by atoms with Crippen molar-refractivity contribution in [1.29, 1.82) is 0 Å². The molecule has 8 heteroatoms. The molecule has 6 nitrogen and oxygen atoms in total. The molecular formula is C13H26ClN3O3S. The fraction of sp³-hybridized carbons (Fsp3) is 0.923. The Bertz CT molecular complexity index is 450. The Morgan fingerprint density at radius 1 is 1.24 bits per heavy atom. The molecule has 0 aromatic carbocycles. The summed E-state index contributed by atoms with van der Waals surface area (Å²) in [5.74, 6) is 0.372. The molecule has 1 aliphatic carbocycles. The molecule has 2 fully saturated rings. The first-order valence-electron chi connectivity index (χ1n) is 7.36. The van der Waals surface area contributed by atoms with Gasteiger partial charge in [-0.15, -0.1) is 12.4 Å². The molecule has 0 aromatic heterocycles. The summed E-state index contributed by atoms with van der Waals surface area (Å²) < 4.78 is 24.3. The first kappa shape index (κ1) is 18.7.